The Morgan fingerprint density at radius 3 is 2.89 bits per heavy atom. The molecule has 0 aliphatic rings. The SMILES string of the molecule is COc1ccc2c(COC(=O)/C=C/c3nc4ccccc4s3)cc(=O)oc2c1. The predicted molar refractivity (Wildman–Crippen MR) is 107 cm³/mol. The molecular formula is C21H15NO5S. The summed E-state index contributed by atoms with van der Waals surface area (Å²) >= 11 is 1.49. The van der Waals surface area contributed by atoms with Gasteiger partial charge in [-0.05, 0) is 30.3 Å². The minimum Gasteiger partial charge on any atom is -0.497 e. The molecule has 0 saturated heterocycles. The van der Waals surface area contributed by atoms with Gasteiger partial charge in [-0.1, -0.05) is 12.1 Å². The largest absolute Gasteiger partial charge is 0.497 e. The predicted octanol–water partition coefficient (Wildman–Crippen LogP) is 4.17. The molecule has 0 aliphatic carbocycles. The first-order valence-electron chi connectivity index (χ1n) is 8.43. The van der Waals surface area contributed by atoms with Crippen molar-refractivity contribution in [1.82, 2.24) is 4.98 Å². The molecule has 0 atom stereocenters. The number of benzene rings is 2. The van der Waals surface area contributed by atoms with E-state index in [9.17, 15) is 9.59 Å². The number of methoxy groups -OCH3 is 1. The van der Waals surface area contributed by atoms with Gasteiger partial charge in [0.2, 0.25) is 0 Å². The average molecular weight is 393 g/mol. The van der Waals surface area contributed by atoms with Gasteiger partial charge in [-0.3, -0.25) is 0 Å². The third-order valence-electron chi connectivity index (χ3n) is 4.08. The highest BCUT2D eigenvalue weighted by molar-refractivity contribution is 7.19. The molecule has 0 fully saturated rings. The summed E-state index contributed by atoms with van der Waals surface area (Å²) in [7, 11) is 1.53. The lowest BCUT2D eigenvalue weighted by molar-refractivity contribution is -0.138. The fraction of sp³-hybridized carbons (Fsp3) is 0.0952. The van der Waals surface area contributed by atoms with Crippen molar-refractivity contribution in [1.29, 1.82) is 0 Å². The highest BCUT2D eigenvalue weighted by Gasteiger charge is 2.09. The van der Waals surface area contributed by atoms with Crippen LogP contribution >= 0.6 is 11.3 Å². The number of hydrogen-bond donors (Lipinski definition) is 0. The zero-order valence-electron chi connectivity index (χ0n) is 14.9. The summed E-state index contributed by atoms with van der Waals surface area (Å²) in [5.74, 6) is 0.0534. The van der Waals surface area contributed by atoms with E-state index in [1.807, 2.05) is 24.3 Å². The fourth-order valence-corrected chi connectivity index (χ4v) is 3.62. The van der Waals surface area contributed by atoms with Crippen molar-refractivity contribution in [3.05, 3.63) is 75.6 Å². The number of rotatable bonds is 5. The van der Waals surface area contributed by atoms with Crippen molar-refractivity contribution < 1.29 is 18.7 Å². The van der Waals surface area contributed by atoms with Crippen LogP contribution in [0.1, 0.15) is 10.6 Å². The van der Waals surface area contributed by atoms with E-state index in [0.717, 1.165) is 15.2 Å². The second-order valence-corrected chi connectivity index (χ2v) is 6.98. The number of carbonyl (C=O) groups excluding carboxylic acids is 1. The van der Waals surface area contributed by atoms with Crippen molar-refractivity contribution in [2.24, 2.45) is 0 Å². The Hall–Kier alpha value is -3.45. The van der Waals surface area contributed by atoms with Crippen LogP contribution in [0.15, 0.2) is 63.8 Å². The fourth-order valence-electron chi connectivity index (χ4n) is 2.75. The molecular weight excluding hydrogens is 378 g/mol. The average Bonchev–Trinajstić information content (AvgIpc) is 3.12. The summed E-state index contributed by atoms with van der Waals surface area (Å²) in [6, 6.07) is 14.2. The molecule has 6 nitrogen and oxygen atoms in total. The lowest BCUT2D eigenvalue weighted by atomic mass is 10.1. The molecule has 0 bridgehead atoms. The number of esters is 1. The van der Waals surface area contributed by atoms with E-state index in [-0.39, 0.29) is 6.61 Å². The van der Waals surface area contributed by atoms with Gasteiger partial charge in [-0.25, -0.2) is 14.6 Å². The second-order valence-electron chi connectivity index (χ2n) is 5.91. The number of carbonyl (C=O) groups is 1. The monoisotopic (exact) mass is 393 g/mol. The van der Waals surface area contributed by atoms with Gasteiger partial charge >= 0.3 is 11.6 Å². The van der Waals surface area contributed by atoms with Crippen molar-refractivity contribution >= 4 is 44.6 Å². The van der Waals surface area contributed by atoms with Crippen LogP contribution in [0.3, 0.4) is 0 Å². The molecule has 0 aliphatic heterocycles. The number of thiazole rings is 1. The number of aromatic nitrogens is 1. The minimum absolute atomic E-state index is 0.0442. The van der Waals surface area contributed by atoms with Crippen LogP contribution in [-0.2, 0) is 16.1 Å². The van der Waals surface area contributed by atoms with Gasteiger partial charge in [0.1, 0.15) is 22.9 Å². The Bertz CT molecular complexity index is 1220. The van der Waals surface area contributed by atoms with E-state index in [1.54, 1.807) is 24.3 Å². The summed E-state index contributed by atoms with van der Waals surface area (Å²) < 4.78 is 16.7. The van der Waals surface area contributed by atoms with Gasteiger partial charge in [-0.15, -0.1) is 11.3 Å². The normalized spacial score (nSPS) is 11.3. The van der Waals surface area contributed by atoms with Crippen LogP contribution in [0.5, 0.6) is 5.75 Å². The number of hydrogen-bond acceptors (Lipinski definition) is 7. The van der Waals surface area contributed by atoms with Crippen LogP contribution in [0, 0.1) is 0 Å². The summed E-state index contributed by atoms with van der Waals surface area (Å²) in [4.78, 5) is 28.3. The second kappa shape index (κ2) is 7.66. The molecule has 2 heterocycles. The Kier molecular flexibility index (Phi) is 4.90. The Morgan fingerprint density at radius 1 is 1.21 bits per heavy atom. The first kappa shape index (κ1) is 17.9. The number of para-hydroxylation sites is 1. The third-order valence-corrected chi connectivity index (χ3v) is 5.08. The van der Waals surface area contributed by atoms with Gasteiger partial charge in [0.15, 0.2) is 0 Å². The molecule has 140 valence electrons. The van der Waals surface area contributed by atoms with Gasteiger partial charge in [0, 0.05) is 29.2 Å². The number of fused-ring (bicyclic) bond motifs is 2. The summed E-state index contributed by atoms with van der Waals surface area (Å²) in [6.07, 6.45) is 2.95. The van der Waals surface area contributed by atoms with Crippen molar-refractivity contribution in [2.45, 2.75) is 6.61 Å². The highest BCUT2D eigenvalue weighted by atomic mass is 32.1. The van der Waals surface area contributed by atoms with Crippen molar-refractivity contribution in [3.8, 4) is 5.75 Å². The standard InChI is InChI=1S/C21H15NO5S/c1-25-14-6-7-15-13(10-21(24)27-17(15)11-14)12-26-20(23)9-8-19-22-16-4-2-3-5-18(16)28-19/h2-11H,12H2,1H3/b9-8+. The lowest BCUT2D eigenvalue weighted by Gasteiger charge is -2.07. The molecule has 0 radical (unpaired) electrons. The Balaban J connectivity index is 1.49. The van der Waals surface area contributed by atoms with Gasteiger partial charge in [-0.2, -0.15) is 0 Å². The quantitative estimate of drug-likeness (QED) is 0.288. The molecule has 2 aromatic heterocycles. The van der Waals surface area contributed by atoms with Crippen molar-refractivity contribution in [2.75, 3.05) is 7.11 Å². The maximum atomic E-state index is 12.1. The third kappa shape index (κ3) is 3.79. The summed E-state index contributed by atoms with van der Waals surface area (Å²) in [5.41, 5.74) is 1.31. The molecule has 4 rings (SSSR count). The Morgan fingerprint density at radius 2 is 2.07 bits per heavy atom. The molecule has 0 unspecified atom stereocenters. The summed E-state index contributed by atoms with van der Waals surface area (Å²) in [5, 5.41) is 1.40. The van der Waals surface area contributed by atoms with Crippen LogP contribution in [0.4, 0.5) is 0 Å². The van der Waals surface area contributed by atoms with Gasteiger partial charge in [0.05, 0.1) is 17.3 Å². The molecule has 0 amide bonds. The minimum atomic E-state index is -0.519. The number of nitrogens with zero attached hydrogens (tertiary/aromatic N) is 1. The van der Waals surface area contributed by atoms with Crippen LogP contribution in [-0.4, -0.2) is 18.1 Å². The molecule has 0 spiro atoms. The molecule has 7 heteroatoms. The zero-order chi connectivity index (χ0) is 19.5. The van der Waals surface area contributed by atoms with Gasteiger partial charge in [0.25, 0.3) is 0 Å². The maximum absolute atomic E-state index is 12.1. The van der Waals surface area contributed by atoms with E-state index < -0.39 is 11.6 Å². The molecule has 28 heavy (non-hydrogen) atoms. The van der Waals surface area contributed by atoms with E-state index in [4.69, 9.17) is 13.9 Å². The molecule has 2 aromatic carbocycles. The van der Waals surface area contributed by atoms with Crippen molar-refractivity contribution in [3.63, 3.8) is 0 Å². The van der Waals surface area contributed by atoms with Gasteiger partial charge < -0.3 is 13.9 Å². The van der Waals surface area contributed by atoms with Crippen LogP contribution < -0.4 is 10.4 Å². The topological polar surface area (TPSA) is 78.6 Å². The first-order valence-corrected chi connectivity index (χ1v) is 9.25. The molecule has 4 aromatic rings. The highest BCUT2D eigenvalue weighted by Crippen LogP contribution is 2.24. The smallest absolute Gasteiger partial charge is 0.336 e. The van der Waals surface area contributed by atoms with Crippen LogP contribution in [0.2, 0.25) is 0 Å². The Labute approximate surface area is 163 Å². The zero-order valence-corrected chi connectivity index (χ0v) is 15.7. The van der Waals surface area contributed by atoms with E-state index in [2.05, 4.69) is 4.98 Å². The first-order chi connectivity index (χ1) is 13.6. The van der Waals surface area contributed by atoms with E-state index in [0.29, 0.717) is 22.3 Å². The van der Waals surface area contributed by atoms with E-state index in [1.165, 1.54) is 30.6 Å². The number of ether oxygens (including phenoxy) is 2. The molecule has 0 saturated carbocycles. The lowest BCUT2D eigenvalue weighted by Crippen LogP contribution is -2.05. The summed E-state index contributed by atoms with van der Waals surface area (Å²) in [6.45, 7) is -0.0442. The van der Waals surface area contributed by atoms with Crippen LogP contribution in [0.25, 0.3) is 27.3 Å². The molecule has 0 N–H and O–H groups in total. The maximum Gasteiger partial charge on any atom is 0.336 e. The van der Waals surface area contributed by atoms with E-state index >= 15 is 0 Å².